The lowest BCUT2D eigenvalue weighted by molar-refractivity contribution is 0.360. The summed E-state index contributed by atoms with van der Waals surface area (Å²) < 4.78 is 0. The molecule has 1 saturated carbocycles. The first-order chi connectivity index (χ1) is 10.7. The number of hydrogen-bond acceptors (Lipinski definition) is 4. The number of aromatic hydroxyl groups is 3. The van der Waals surface area contributed by atoms with Crippen molar-refractivity contribution >= 4 is 0 Å². The van der Waals surface area contributed by atoms with E-state index in [1.165, 1.54) is 18.9 Å². The Morgan fingerprint density at radius 1 is 0.864 bits per heavy atom. The molecule has 1 atom stereocenters. The third-order valence-electron chi connectivity index (χ3n) is 4.36. The minimum atomic E-state index is -0.466. The summed E-state index contributed by atoms with van der Waals surface area (Å²) in [4.78, 5) is 0. The average Bonchev–Trinajstić information content (AvgIpc) is 3.05. The summed E-state index contributed by atoms with van der Waals surface area (Å²) in [5, 5.41) is 33.2. The molecule has 4 heteroatoms. The minimum Gasteiger partial charge on any atom is -0.504 e. The van der Waals surface area contributed by atoms with Crippen molar-refractivity contribution < 1.29 is 15.3 Å². The van der Waals surface area contributed by atoms with Gasteiger partial charge in [-0.15, -0.1) is 0 Å². The van der Waals surface area contributed by atoms with Gasteiger partial charge >= 0.3 is 0 Å². The summed E-state index contributed by atoms with van der Waals surface area (Å²) in [6.07, 6.45) is 4.67. The topological polar surface area (TPSA) is 72.7 Å². The Balaban J connectivity index is 1.99. The fourth-order valence-electron chi connectivity index (χ4n) is 3.16. The zero-order valence-corrected chi connectivity index (χ0v) is 12.4. The van der Waals surface area contributed by atoms with E-state index >= 15 is 0 Å². The second-order valence-corrected chi connectivity index (χ2v) is 5.86. The number of phenolic OH excluding ortho intramolecular Hbond substituents is 3. The maximum absolute atomic E-state index is 10.2. The molecule has 4 N–H and O–H groups in total. The highest BCUT2D eigenvalue weighted by Gasteiger charge is 2.25. The fraction of sp³-hybridized carbons (Fsp3) is 0.333. The van der Waals surface area contributed by atoms with Crippen molar-refractivity contribution in [3.63, 3.8) is 0 Å². The second-order valence-electron chi connectivity index (χ2n) is 5.86. The van der Waals surface area contributed by atoms with Gasteiger partial charge in [-0.2, -0.15) is 0 Å². The highest BCUT2D eigenvalue weighted by atomic mass is 16.3. The van der Waals surface area contributed by atoms with Gasteiger partial charge in [0.05, 0.1) is 6.04 Å². The Bertz CT molecular complexity index is 636. The van der Waals surface area contributed by atoms with Crippen molar-refractivity contribution in [2.45, 2.75) is 37.8 Å². The van der Waals surface area contributed by atoms with Gasteiger partial charge in [-0.3, -0.25) is 0 Å². The van der Waals surface area contributed by atoms with Gasteiger partial charge < -0.3 is 20.6 Å². The van der Waals surface area contributed by atoms with Crippen LogP contribution in [0.5, 0.6) is 17.2 Å². The Labute approximate surface area is 130 Å². The van der Waals surface area contributed by atoms with Crippen LogP contribution >= 0.6 is 0 Å². The van der Waals surface area contributed by atoms with E-state index in [2.05, 4.69) is 5.32 Å². The van der Waals surface area contributed by atoms with Crippen LogP contribution in [0.3, 0.4) is 0 Å². The summed E-state index contributed by atoms with van der Waals surface area (Å²) >= 11 is 0. The van der Waals surface area contributed by atoms with Gasteiger partial charge in [0.1, 0.15) is 0 Å². The highest BCUT2D eigenvalue weighted by Crippen LogP contribution is 2.41. The number of rotatable bonds is 4. The molecule has 1 aliphatic rings. The molecule has 22 heavy (non-hydrogen) atoms. The molecule has 0 aromatic heterocycles. The van der Waals surface area contributed by atoms with Crippen molar-refractivity contribution in [3.8, 4) is 17.2 Å². The molecule has 4 nitrogen and oxygen atoms in total. The van der Waals surface area contributed by atoms with E-state index in [0.29, 0.717) is 11.6 Å². The van der Waals surface area contributed by atoms with E-state index in [1.807, 2.05) is 30.3 Å². The Morgan fingerprint density at radius 2 is 1.55 bits per heavy atom. The van der Waals surface area contributed by atoms with Crippen molar-refractivity contribution in [1.29, 1.82) is 0 Å². The van der Waals surface area contributed by atoms with Crippen molar-refractivity contribution in [2.75, 3.05) is 0 Å². The molecule has 0 saturated heterocycles. The van der Waals surface area contributed by atoms with Gasteiger partial charge in [0.2, 0.25) is 5.75 Å². The number of benzene rings is 2. The standard InChI is InChI=1S/C18H21NO3/c20-15-11-10-14(17(21)18(15)22)16(12-6-2-1-3-7-12)19-13-8-4-5-9-13/h1-3,6-7,10-11,13,16,19-22H,4-5,8-9H2. The molecule has 1 fully saturated rings. The van der Waals surface area contributed by atoms with Crippen LogP contribution in [0, 0.1) is 0 Å². The molecule has 0 spiro atoms. The first-order valence-electron chi connectivity index (χ1n) is 7.71. The predicted molar refractivity (Wildman–Crippen MR) is 85.1 cm³/mol. The van der Waals surface area contributed by atoms with Crippen LogP contribution < -0.4 is 5.32 Å². The number of nitrogens with one attached hydrogen (secondary N) is 1. The molecule has 3 rings (SSSR count). The Morgan fingerprint density at radius 3 is 2.23 bits per heavy atom. The molecule has 0 aliphatic heterocycles. The number of phenols is 3. The molecule has 2 aromatic carbocycles. The first-order valence-corrected chi connectivity index (χ1v) is 7.71. The fourth-order valence-corrected chi connectivity index (χ4v) is 3.16. The smallest absolute Gasteiger partial charge is 0.200 e. The van der Waals surface area contributed by atoms with E-state index < -0.39 is 5.75 Å². The highest BCUT2D eigenvalue weighted by molar-refractivity contribution is 5.55. The number of hydrogen-bond donors (Lipinski definition) is 4. The predicted octanol–water partition coefficient (Wildman–Crippen LogP) is 3.43. The van der Waals surface area contributed by atoms with Crippen LogP contribution in [-0.4, -0.2) is 21.4 Å². The first kappa shape index (κ1) is 14.7. The summed E-state index contributed by atoms with van der Waals surface area (Å²) in [6.45, 7) is 0. The van der Waals surface area contributed by atoms with Crippen molar-refractivity contribution in [3.05, 3.63) is 53.6 Å². The van der Waals surface area contributed by atoms with Gasteiger partial charge in [-0.05, 0) is 30.5 Å². The minimum absolute atomic E-state index is 0.212. The quantitative estimate of drug-likeness (QED) is 0.653. The molecule has 2 aromatic rings. The maximum Gasteiger partial charge on any atom is 0.200 e. The van der Waals surface area contributed by atoms with Gasteiger partial charge in [0.25, 0.3) is 0 Å². The molecule has 0 heterocycles. The lowest BCUT2D eigenvalue weighted by Crippen LogP contribution is -2.31. The Kier molecular flexibility index (Phi) is 4.20. The molecule has 0 radical (unpaired) electrons. The molecular weight excluding hydrogens is 278 g/mol. The molecule has 1 aliphatic carbocycles. The van der Waals surface area contributed by atoms with Gasteiger partial charge in [-0.1, -0.05) is 43.2 Å². The van der Waals surface area contributed by atoms with E-state index in [9.17, 15) is 15.3 Å². The van der Waals surface area contributed by atoms with Crippen LogP contribution in [0.1, 0.15) is 42.9 Å². The van der Waals surface area contributed by atoms with Gasteiger partial charge in [0, 0.05) is 11.6 Å². The summed E-state index contributed by atoms with van der Waals surface area (Å²) in [5.41, 5.74) is 1.60. The third kappa shape index (κ3) is 2.88. The van der Waals surface area contributed by atoms with Crippen LogP contribution in [0.25, 0.3) is 0 Å². The molecule has 0 bridgehead atoms. The molecule has 0 amide bonds. The summed E-state index contributed by atoms with van der Waals surface area (Å²) in [5.74, 6) is -1.04. The van der Waals surface area contributed by atoms with E-state index in [4.69, 9.17) is 0 Å². The monoisotopic (exact) mass is 299 g/mol. The van der Waals surface area contributed by atoms with E-state index in [1.54, 1.807) is 6.07 Å². The summed E-state index contributed by atoms with van der Waals surface area (Å²) in [7, 11) is 0. The zero-order chi connectivity index (χ0) is 15.5. The van der Waals surface area contributed by atoms with Crippen molar-refractivity contribution in [2.24, 2.45) is 0 Å². The largest absolute Gasteiger partial charge is 0.504 e. The van der Waals surface area contributed by atoms with Gasteiger partial charge in [0.15, 0.2) is 11.5 Å². The average molecular weight is 299 g/mol. The summed E-state index contributed by atoms with van der Waals surface area (Å²) in [6, 6.07) is 13.1. The lowest BCUT2D eigenvalue weighted by Gasteiger charge is -2.25. The lowest BCUT2D eigenvalue weighted by atomic mass is 9.96. The normalized spacial score (nSPS) is 16.7. The van der Waals surface area contributed by atoms with Crippen molar-refractivity contribution in [1.82, 2.24) is 5.32 Å². The Hall–Kier alpha value is -2.20. The zero-order valence-electron chi connectivity index (χ0n) is 12.4. The van der Waals surface area contributed by atoms with Crippen LogP contribution in [0.2, 0.25) is 0 Å². The third-order valence-corrected chi connectivity index (χ3v) is 4.36. The van der Waals surface area contributed by atoms with Crippen LogP contribution in [0.4, 0.5) is 0 Å². The van der Waals surface area contributed by atoms with E-state index in [0.717, 1.165) is 18.4 Å². The second kappa shape index (κ2) is 6.28. The van der Waals surface area contributed by atoms with Gasteiger partial charge in [-0.25, -0.2) is 0 Å². The molecular formula is C18H21NO3. The van der Waals surface area contributed by atoms with E-state index in [-0.39, 0.29) is 17.5 Å². The molecule has 1 unspecified atom stereocenters. The van der Waals surface area contributed by atoms with Crippen LogP contribution in [0.15, 0.2) is 42.5 Å². The maximum atomic E-state index is 10.2. The molecule has 116 valence electrons. The van der Waals surface area contributed by atoms with Crippen LogP contribution in [-0.2, 0) is 0 Å². The SMILES string of the molecule is Oc1ccc(C(NC2CCCC2)c2ccccc2)c(O)c1O.